The smallest absolute Gasteiger partial charge is 0.246 e. The van der Waals surface area contributed by atoms with Crippen LogP contribution >= 0.6 is 0 Å². The molecule has 2 aliphatic rings. The number of hydrogen-bond acceptors (Lipinski definition) is 6. The van der Waals surface area contributed by atoms with Gasteiger partial charge in [-0.05, 0) is 37.0 Å². The minimum atomic E-state index is -3.06. The molecular formula is C19H25N5O3S. The van der Waals surface area contributed by atoms with E-state index in [2.05, 4.69) is 15.4 Å². The van der Waals surface area contributed by atoms with Gasteiger partial charge in [0.2, 0.25) is 11.7 Å². The van der Waals surface area contributed by atoms with E-state index in [1.165, 1.54) is 4.80 Å². The fourth-order valence-electron chi connectivity index (χ4n) is 4.33. The van der Waals surface area contributed by atoms with E-state index >= 15 is 0 Å². The van der Waals surface area contributed by atoms with Crippen LogP contribution in [-0.4, -0.2) is 63.0 Å². The highest BCUT2D eigenvalue weighted by Gasteiger charge is 2.39. The van der Waals surface area contributed by atoms with Crippen LogP contribution in [0, 0.1) is 6.92 Å². The van der Waals surface area contributed by atoms with Crippen molar-refractivity contribution in [3.05, 3.63) is 29.8 Å². The molecule has 1 amide bonds. The summed E-state index contributed by atoms with van der Waals surface area (Å²) in [7, 11) is -3.06. The van der Waals surface area contributed by atoms with Gasteiger partial charge in [-0.1, -0.05) is 37.1 Å². The number of nitrogens with zero attached hydrogens (tertiary/aromatic N) is 5. The van der Waals surface area contributed by atoms with Crippen molar-refractivity contribution in [2.75, 3.05) is 11.5 Å². The molecule has 1 aromatic carbocycles. The predicted octanol–water partition coefficient (Wildman–Crippen LogP) is 1.61. The van der Waals surface area contributed by atoms with E-state index in [4.69, 9.17) is 0 Å². The maximum Gasteiger partial charge on any atom is 0.246 e. The Kier molecular flexibility index (Phi) is 5.18. The molecule has 1 aromatic heterocycles. The molecule has 9 heteroatoms. The van der Waals surface area contributed by atoms with Crippen LogP contribution in [0.15, 0.2) is 24.3 Å². The van der Waals surface area contributed by atoms with Gasteiger partial charge in [0.1, 0.15) is 6.54 Å². The molecule has 0 bridgehead atoms. The summed E-state index contributed by atoms with van der Waals surface area (Å²) in [5, 5.41) is 12.5. The Morgan fingerprint density at radius 3 is 2.61 bits per heavy atom. The zero-order valence-electron chi connectivity index (χ0n) is 16.0. The third kappa shape index (κ3) is 3.94. The van der Waals surface area contributed by atoms with Gasteiger partial charge in [0.25, 0.3) is 0 Å². The summed E-state index contributed by atoms with van der Waals surface area (Å²) in [4.78, 5) is 16.2. The lowest BCUT2D eigenvalue weighted by Crippen LogP contribution is -2.48. The minimum absolute atomic E-state index is 0.0219. The SMILES string of the molecule is Cc1ccccc1-c1nnn(CC(=O)N(C2CCCC2)[C@@H]2CCS(=O)(=O)C2)n1. The second-order valence-corrected chi connectivity index (χ2v) is 9.98. The lowest BCUT2D eigenvalue weighted by atomic mass is 10.1. The fourth-order valence-corrected chi connectivity index (χ4v) is 6.04. The van der Waals surface area contributed by atoms with E-state index in [0.717, 1.165) is 36.8 Å². The van der Waals surface area contributed by atoms with Crippen molar-refractivity contribution in [1.29, 1.82) is 0 Å². The monoisotopic (exact) mass is 403 g/mol. The first-order valence-electron chi connectivity index (χ1n) is 9.78. The molecule has 2 heterocycles. The molecule has 1 aliphatic heterocycles. The Morgan fingerprint density at radius 2 is 1.93 bits per heavy atom. The maximum absolute atomic E-state index is 13.1. The second kappa shape index (κ2) is 7.62. The Balaban J connectivity index is 1.53. The second-order valence-electron chi connectivity index (χ2n) is 7.75. The predicted molar refractivity (Wildman–Crippen MR) is 104 cm³/mol. The molecule has 1 aliphatic carbocycles. The van der Waals surface area contributed by atoms with Crippen LogP contribution in [0.2, 0.25) is 0 Å². The van der Waals surface area contributed by atoms with Crippen molar-refractivity contribution in [2.45, 2.75) is 57.7 Å². The molecule has 150 valence electrons. The van der Waals surface area contributed by atoms with Crippen LogP contribution in [0.1, 0.15) is 37.7 Å². The largest absolute Gasteiger partial charge is 0.334 e. The third-order valence-electron chi connectivity index (χ3n) is 5.72. The van der Waals surface area contributed by atoms with Crippen molar-refractivity contribution >= 4 is 15.7 Å². The normalized spacial score (nSPS) is 21.8. The van der Waals surface area contributed by atoms with Crippen LogP contribution < -0.4 is 0 Å². The summed E-state index contributed by atoms with van der Waals surface area (Å²) in [6.07, 6.45) is 4.53. The number of carbonyl (C=O) groups excluding carboxylic acids is 1. The maximum atomic E-state index is 13.1. The number of hydrogen-bond donors (Lipinski definition) is 0. The van der Waals surface area contributed by atoms with Crippen molar-refractivity contribution in [3.8, 4) is 11.4 Å². The minimum Gasteiger partial charge on any atom is -0.334 e. The first-order valence-corrected chi connectivity index (χ1v) is 11.6. The van der Waals surface area contributed by atoms with E-state index in [1.54, 1.807) is 0 Å². The van der Waals surface area contributed by atoms with Gasteiger partial charge in [-0.15, -0.1) is 10.2 Å². The van der Waals surface area contributed by atoms with E-state index in [9.17, 15) is 13.2 Å². The van der Waals surface area contributed by atoms with E-state index < -0.39 is 9.84 Å². The van der Waals surface area contributed by atoms with Crippen LogP contribution in [0.4, 0.5) is 0 Å². The van der Waals surface area contributed by atoms with Gasteiger partial charge in [-0.2, -0.15) is 4.80 Å². The quantitative estimate of drug-likeness (QED) is 0.752. The lowest BCUT2D eigenvalue weighted by molar-refractivity contribution is -0.136. The summed E-state index contributed by atoms with van der Waals surface area (Å²) in [6.45, 7) is 1.95. The van der Waals surface area contributed by atoms with Gasteiger partial charge in [0.15, 0.2) is 9.84 Å². The van der Waals surface area contributed by atoms with Crippen LogP contribution in [-0.2, 0) is 21.2 Å². The topological polar surface area (TPSA) is 98.0 Å². The highest BCUT2D eigenvalue weighted by Crippen LogP contribution is 2.29. The first-order chi connectivity index (χ1) is 13.4. The summed E-state index contributed by atoms with van der Waals surface area (Å²) in [6, 6.07) is 7.64. The standard InChI is InChI=1S/C19H25N5O3S/c1-14-6-2-5-9-17(14)19-20-22-23(21-19)12-18(25)24(15-7-3-4-8-15)16-10-11-28(26,27)13-16/h2,5-6,9,15-16H,3-4,7-8,10-13H2,1H3/t16-/m1/s1. The third-order valence-corrected chi connectivity index (χ3v) is 7.47. The molecule has 8 nitrogen and oxygen atoms in total. The number of tetrazole rings is 1. The van der Waals surface area contributed by atoms with Gasteiger partial charge in [0, 0.05) is 17.6 Å². The summed E-state index contributed by atoms with van der Waals surface area (Å²) in [5.41, 5.74) is 1.92. The molecule has 0 N–H and O–H groups in total. The van der Waals surface area contributed by atoms with Crippen molar-refractivity contribution in [3.63, 3.8) is 0 Å². The molecule has 4 rings (SSSR count). The molecule has 2 aromatic rings. The average molecular weight is 404 g/mol. The number of carbonyl (C=O) groups is 1. The van der Waals surface area contributed by atoms with Crippen LogP contribution in [0.5, 0.6) is 0 Å². The van der Waals surface area contributed by atoms with Crippen molar-refractivity contribution in [2.24, 2.45) is 0 Å². The Bertz CT molecular complexity index is 965. The molecule has 1 saturated carbocycles. The number of aryl methyl sites for hydroxylation is 1. The zero-order chi connectivity index (χ0) is 19.7. The Labute approximate surface area is 164 Å². The fraction of sp³-hybridized carbons (Fsp3) is 0.579. The van der Waals surface area contributed by atoms with Gasteiger partial charge in [-0.25, -0.2) is 8.42 Å². The first kappa shape index (κ1) is 19.0. The zero-order valence-corrected chi connectivity index (χ0v) is 16.8. The molecule has 0 unspecified atom stereocenters. The van der Waals surface area contributed by atoms with Crippen LogP contribution in [0.25, 0.3) is 11.4 Å². The van der Waals surface area contributed by atoms with Gasteiger partial charge < -0.3 is 4.90 Å². The van der Waals surface area contributed by atoms with E-state index in [1.807, 2.05) is 36.1 Å². The molecule has 0 radical (unpaired) electrons. The summed E-state index contributed by atoms with van der Waals surface area (Å²) in [5.74, 6) is 0.589. The Hall–Kier alpha value is -2.29. The highest BCUT2D eigenvalue weighted by molar-refractivity contribution is 7.91. The number of aromatic nitrogens is 4. The van der Waals surface area contributed by atoms with Crippen LogP contribution in [0.3, 0.4) is 0 Å². The van der Waals surface area contributed by atoms with E-state index in [0.29, 0.717) is 12.2 Å². The van der Waals surface area contributed by atoms with Gasteiger partial charge in [-0.3, -0.25) is 4.79 Å². The van der Waals surface area contributed by atoms with Crippen molar-refractivity contribution in [1.82, 2.24) is 25.1 Å². The summed E-state index contributed by atoms with van der Waals surface area (Å²) >= 11 is 0. The molecule has 1 atom stereocenters. The Morgan fingerprint density at radius 1 is 1.18 bits per heavy atom. The average Bonchev–Trinajstić information content (AvgIpc) is 3.38. The highest BCUT2D eigenvalue weighted by atomic mass is 32.2. The van der Waals surface area contributed by atoms with Gasteiger partial charge in [0.05, 0.1) is 11.5 Å². The molecule has 28 heavy (non-hydrogen) atoms. The number of benzene rings is 1. The molecular weight excluding hydrogens is 378 g/mol. The molecule has 2 fully saturated rings. The number of amides is 1. The lowest BCUT2D eigenvalue weighted by Gasteiger charge is -2.33. The van der Waals surface area contributed by atoms with Gasteiger partial charge >= 0.3 is 0 Å². The van der Waals surface area contributed by atoms with E-state index in [-0.39, 0.29) is 36.0 Å². The summed E-state index contributed by atoms with van der Waals surface area (Å²) < 4.78 is 23.9. The van der Waals surface area contributed by atoms with Crippen molar-refractivity contribution < 1.29 is 13.2 Å². The number of rotatable bonds is 5. The number of sulfone groups is 1. The molecule has 0 spiro atoms. The molecule has 1 saturated heterocycles.